The van der Waals surface area contributed by atoms with Crippen LogP contribution in [0, 0.1) is 47.3 Å². The number of aliphatic hydroxyl groups excluding tert-OH is 1. The van der Waals surface area contributed by atoms with Gasteiger partial charge in [-0.15, -0.1) is 6.58 Å². The van der Waals surface area contributed by atoms with Crippen LogP contribution in [-0.2, 0) is 4.74 Å². The number of allylic oxidation sites excluding steroid dienone is 7. The lowest BCUT2D eigenvalue weighted by atomic mass is 9.70. The van der Waals surface area contributed by atoms with Gasteiger partial charge in [-0.3, -0.25) is 0 Å². The van der Waals surface area contributed by atoms with Crippen molar-refractivity contribution in [1.82, 2.24) is 0 Å². The third-order valence-corrected chi connectivity index (χ3v) is 8.88. The molecule has 4 atom stereocenters. The summed E-state index contributed by atoms with van der Waals surface area (Å²) < 4.78 is 64.6. The van der Waals surface area contributed by atoms with Gasteiger partial charge in [0, 0.05) is 11.8 Å². The quantitative estimate of drug-likeness (QED) is 0.154. The van der Waals surface area contributed by atoms with Crippen LogP contribution in [0.1, 0.15) is 71.1 Å². The second kappa shape index (κ2) is 13.2. The molecule has 0 saturated heterocycles. The molecule has 0 bridgehead atoms. The molecule has 208 valence electrons. The fourth-order valence-electron chi connectivity index (χ4n) is 6.41. The van der Waals surface area contributed by atoms with Crippen molar-refractivity contribution in [3.63, 3.8) is 0 Å². The average molecular weight is 533 g/mol. The maximum absolute atomic E-state index is 15.2. The second-order valence-electron chi connectivity index (χ2n) is 11.3. The molecular formula is C32H40F4O2. The van der Waals surface area contributed by atoms with Crippen molar-refractivity contribution in [2.45, 2.75) is 83.4 Å². The molecule has 1 N–H and O–H groups in total. The summed E-state index contributed by atoms with van der Waals surface area (Å²) >= 11 is 0. The first-order valence-corrected chi connectivity index (χ1v) is 14.2. The highest BCUT2D eigenvalue weighted by Gasteiger charge is 2.38. The Morgan fingerprint density at radius 3 is 2.42 bits per heavy atom. The van der Waals surface area contributed by atoms with Crippen molar-refractivity contribution in [3.05, 3.63) is 59.7 Å². The van der Waals surface area contributed by atoms with Gasteiger partial charge < -0.3 is 9.84 Å². The molecule has 6 heteroatoms. The Bertz CT molecular complexity index is 1030. The van der Waals surface area contributed by atoms with Gasteiger partial charge in [0.1, 0.15) is 5.83 Å². The van der Waals surface area contributed by atoms with Crippen LogP contribution in [0.4, 0.5) is 17.6 Å². The van der Waals surface area contributed by atoms with E-state index < -0.39 is 35.5 Å². The molecule has 0 radical (unpaired) electrons. The number of rotatable bonds is 7. The Labute approximate surface area is 224 Å². The topological polar surface area (TPSA) is 29.5 Å². The number of alkyl halides is 1. The molecule has 4 aliphatic carbocycles. The van der Waals surface area contributed by atoms with E-state index in [1.165, 1.54) is 0 Å². The van der Waals surface area contributed by atoms with Crippen LogP contribution in [0.15, 0.2) is 59.7 Å². The van der Waals surface area contributed by atoms with Gasteiger partial charge >= 0.3 is 0 Å². The molecule has 2 nitrogen and oxygen atoms in total. The minimum atomic E-state index is -1.60. The van der Waals surface area contributed by atoms with Crippen molar-refractivity contribution < 1.29 is 27.4 Å². The van der Waals surface area contributed by atoms with Gasteiger partial charge in [0.25, 0.3) is 0 Å². The van der Waals surface area contributed by atoms with Crippen molar-refractivity contribution in [2.24, 2.45) is 35.5 Å². The first kappa shape index (κ1) is 28.7. The first-order valence-electron chi connectivity index (χ1n) is 14.2. The fourth-order valence-corrected chi connectivity index (χ4v) is 6.41. The predicted octanol–water partition coefficient (Wildman–Crippen LogP) is 8.38. The highest BCUT2D eigenvalue weighted by molar-refractivity contribution is 5.35. The largest absolute Gasteiger partial charge is 0.490 e. The lowest BCUT2D eigenvalue weighted by molar-refractivity contribution is 0.0715. The summed E-state index contributed by atoms with van der Waals surface area (Å²) in [4.78, 5) is 0. The second-order valence-corrected chi connectivity index (χ2v) is 11.3. The van der Waals surface area contributed by atoms with E-state index in [1.807, 2.05) is 6.08 Å². The Morgan fingerprint density at radius 1 is 1.05 bits per heavy atom. The summed E-state index contributed by atoms with van der Waals surface area (Å²) in [6, 6.07) is 0. The van der Waals surface area contributed by atoms with Crippen LogP contribution in [0.3, 0.4) is 0 Å². The van der Waals surface area contributed by atoms with Crippen LogP contribution in [0.25, 0.3) is 0 Å². The Morgan fingerprint density at radius 2 is 1.76 bits per heavy atom. The van der Waals surface area contributed by atoms with E-state index >= 15 is 8.78 Å². The summed E-state index contributed by atoms with van der Waals surface area (Å²) in [5, 5.41) is 9.82. The summed E-state index contributed by atoms with van der Waals surface area (Å²) in [6.07, 6.45) is 11.9. The average Bonchev–Trinajstić information content (AvgIpc) is 2.92. The molecule has 0 amide bonds. The summed E-state index contributed by atoms with van der Waals surface area (Å²) in [6.45, 7) is 5.63. The van der Waals surface area contributed by atoms with Gasteiger partial charge in [-0.05, 0) is 101 Å². The maximum atomic E-state index is 15.2. The molecule has 4 rings (SSSR count). The molecule has 0 spiro atoms. The van der Waals surface area contributed by atoms with Crippen molar-refractivity contribution in [3.8, 4) is 11.8 Å². The standard InChI is InChI=1S/C32H40F4O2/c1-3-4-19-38-28-18-15-25(29(33)32(28)36)10-7-21-5-8-23(9-6-21)26-16-17-27(31(35)30(26)34)24-13-11-22(12-14-24)20(2)37/h3,16-18,20-25,27,31,37H,1,4-6,8-9,11-15,19H2,2H3. The molecule has 4 aliphatic rings. The highest BCUT2D eigenvalue weighted by Crippen LogP contribution is 2.45. The van der Waals surface area contributed by atoms with Crippen molar-refractivity contribution in [2.75, 3.05) is 6.61 Å². The number of halogens is 4. The van der Waals surface area contributed by atoms with Crippen molar-refractivity contribution in [1.29, 1.82) is 0 Å². The fraction of sp³-hybridized carbons (Fsp3) is 0.625. The molecular weight excluding hydrogens is 492 g/mol. The normalized spacial score (nSPS) is 34.8. The molecule has 0 aliphatic heterocycles. The van der Waals surface area contributed by atoms with Crippen molar-refractivity contribution >= 4 is 0 Å². The lowest BCUT2D eigenvalue weighted by Crippen LogP contribution is -2.32. The molecule has 4 unspecified atom stereocenters. The van der Waals surface area contributed by atoms with Gasteiger partial charge in [-0.1, -0.05) is 30.1 Å². The Balaban J connectivity index is 1.29. The van der Waals surface area contributed by atoms with Crippen LogP contribution in [-0.4, -0.2) is 24.0 Å². The summed E-state index contributed by atoms with van der Waals surface area (Å²) in [5.41, 5.74) is 0.482. The van der Waals surface area contributed by atoms with Crippen LogP contribution in [0.2, 0.25) is 0 Å². The van der Waals surface area contributed by atoms with Gasteiger partial charge in [-0.25, -0.2) is 13.2 Å². The maximum Gasteiger partial charge on any atom is 0.197 e. The van der Waals surface area contributed by atoms with Gasteiger partial charge in [-0.2, -0.15) is 4.39 Å². The summed E-state index contributed by atoms with van der Waals surface area (Å²) in [7, 11) is 0. The number of aliphatic hydroxyl groups is 1. The number of ether oxygens (including phenoxy) is 1. The Kier molecular flexibility index (Phi) is 9.98. The van der Waals surface area contributed by atoms with Crippen LogP contribution >= 0.6 is 0 Å². The third-order valence-electron chi connectivity index (χ3n) is 8.88. The molecule has 0 aromatic rings. The van der Waals surface area contributed by atoms with E-state index in [0.29, 0.717) is 24.8 Å². The summed E-state index contributed by atoms with van der Waals surface area (Å²) in [5.74, 6) is 2.57. The third kappa shape index (κ3) is 6.65. The van der Waals surface area contributed by atoms with E-state index in [2.05, 4.69) is 18.4 Å². The zero-order valence-corrected chi connectivity index (χ0v) is 22.3. The first-order chi connectivity index (χ1) is 18.3. The van der Waals surface area contributed by atoms with E-state index in [4.69, 9.17) is 4.74 Å². The molecule has 0 heterocycles. The number of hydrogen-bond donors (Lipinski definition) is 1. The predicted molar refractivity (Wildman–Crippen MR) is 142 cm³/mol. The molecule has 2 fully saturated rings. The van der Waals surface area contributed by atoms with E-state index in [0.717, 1.165) is 38.5 Å². The minimum absolute atomic E-state index is 0.0329. The van der Waals surface area contributed by atoms with Gasteiger partial charge in [0.05, 0.1) is 18.6 Å². The zero-order valence-electron chi connectivity index (χ0n) is 22.3. The zero-order chi connectivity index (χ0) is 27.2. The molecule has 38 heavy (non-hydrogen) atoms. The molecule has 0 aromatic heterocycles. The lowest BCUT2D eigenvalue weighted by Gasteiger charge is -2.37. The van der Waals surface area contributed by atoms with E-state index in [1.54, 1.807) is 25.2 Å². The number of hydrogen-bond acceptors (Lipinski definition) is 2. The van der Waals surface area contributed by atoms with E-state index in [9.17, 15) is 13.9 Å². The van der Waals surface area contributed by atoms with Gasteiger partial charge in [0.15, 0.2) is 23.6 Å². The highest BCUT2D eigenvalue weighted by atomic mass is 19.2. The Hall–Kier alpha value is -2.26. The SMILES string of the molecule is C=CCCOC1=CCC(C#CC2CCC(C3=C(F)C(F)C(C4CCC(C(C)O)CC4)C=C3)CC2)C(F)=C1F. The molecule has 2 saturated carbocycles. The monoisotopic (exact) mass is 532 g/mol. The van der Waals surface area contributed by atoms with Gasteiger partial charge in [0.2, 0.25) is 0 Å². The minimum Gasteiger partial charge on any atom is -0.490 e. The molecule has 0 aromatic carbocycles. The van der Waals surface area contributed by atoms with Crippen LogP contribution < -0.4 is 0 Å². The van der Waals surface area contributed by atoms with E-state index in [-0.39, 0.29) is 48.6 Å². The smallest absolute Gasteiger partial charge is 0.197 e. The van der Waals surface area contributed by atoms with Crippen LogP contribution in [0.5, 0.6) is 0 Å².